The van der Waals surface area contributed by atoms with Crippen molar-refractivity contribution in [1.82, 2.24) is 15.2 Å². The van der Waals surface area contributed by atoms with Gasteiger partial charge in [0.05, 0.1) is 5.75 Å². The van der Waals surface area contributed by atoms with Crippen LogP contribution in [0.2, 0.25) is 0 Å². The van der Waals surface area contributed by atoms with Crippen molar-refractivity contribution in [2.45, 2.75) is 5.16 Å². The van der Waals surface area contributed by atoms with E-state index >= 15 is 0 Å². The third-order valence-corrected chi connectivity index (χ3v) is 4.35. The summed E-state index contributed by atoms with van der Waals surface area (Å²) in [6, 6.07) is 17.2. The van der Waals surface area contributed by atoms with Gasteiger partial charge in [-0.05, 0) is 24.3 Å². The van der Waals surface area contributed by atoms with Crippen molar-refractivity contribution in [3.8, 4) is 11.4 Å². The molecule has 0 aliphatic heterocycles. The second-order valence-electron chi connectivity index (χ2n) is 4.68. The van der Waals surface area contributed by atoms with Crippen molar-refractivity contribution in [3.63, 3.8) is 0 Å². The molecular formula is C16H13BrN4OS. The number of halogens is 1. The van der Waals surface area contributed by atoms with Crippen molar-refractivity contribution in [1.29, 1.82) is 0 Å². The molecule has 0 fully saturated rings. The Bertz CT molecular complexity index is 789. The molecule has 116 valence electrons. The predicted molar refractivity (Wildman–Crippen MR) is 95.3 cm³/mol. The van der Waals surface area contributed by atoms with Gasteiger partial charge in [0.2, 0.25) is 11.1 Å². The Morgan fingerprint density at radius 1 is 1.13 bits per heavy atom. The molecule has 0 radical (unpaired) electrons. The Morgan fingerprint density at radius 3 is 2.61 bits per heavy atom. The Labute approximate surface area is 146 Å². The molecule has 0 unspecified atom stereocenters. The Balaban J connectivity index is 1.55. The molecule has 0 atom stereocenters. The van der Waals surface area contributed by atoms with E-state index in [0.717, 1.165) is 15.7 Å². The minimum absolute atomic E-state index is 0.0941. The summed E-state index contributed by atoms with van der Waals surface area (Å²) in [6.07, 6.45) is 0. The lowest BCUT2D eigenvalue weighted by molar-refractivity contribution is -0.113. The monoisotopic (exact) mass is 388 g/mol. The van der Waals surface area contributed by atoms with E-state index in [0.29, 0.717) is 11.0 Å². The Morgan fingerprint density at radius 2 is 1.87 bits per heavy atom. The number of thioether (sulfide) groups is 1. The van der Waals surface area contributed by atoms with Crippen LogP contribution >= 0.6 is 27.7 Å². The van der Waals surface area contributed by atoms with E-state index in [1.54, 1.807) is 0 Å². The van der Waals surface area contributed by atoms with Crippen molar-refractivity contribution in [2.24, 2.45) is 0 Å². The lowest BCUT2D eigenvalue weighted by Gasteiger charge is -2.03. The van der Waals surface area contributed by atoms with Gasteiger partial charge in [0.15, 0.2) is 5.82 Å². The lowest BCUT2D eigenvalue weighted by atomic mass is 10.2. The van der Waals surface area contributed by atoms with Crippen LogP contribution in [0.5, 0.6) is 0 Å². The Kier molecular flexibility index (Phi) is 5.09. The second-order valence-corrected chi connectivity index (χ2v) is 6.53. The van der Waals surface area contributed by atoms with Crippen LogP contribution in [0.25, 0.3) is 11.4 Å². The summed E-state index contributed by atoms with van der Waals surface area (Å²) in [7, 11) is 0. The van der Waals surface area contributed by atoms with E-state index in [4.69, 9.17) is 0 Å². The maximum absolute atomic E-state index is 11.9. The molecule has 0 aliphatic rings. The first kappa shape index (κ1) is 15.8. The number of nitrogens with one attached hydrogen (secondary N) is 2. The summed E-state index contributed by atoms with van der Waals surface area (Å²) in [5, 5.41) is 10.4. The maximum atomic E-state index is 11.9. The predicted octanol–water partition coefficient (Wildman–Crippen LogP) is 3.97. The van der Waals surface area contributed by atoms with Gasteiger partial charge in [-0.25, -0.2) is 4.98 Å². The zero-order valence-electron chi connectivity index (χ0n) is 12.0. The number of H-pyrrole nitrogens is 1. The van der Waals surface area contributed by atoms with Gasteiger partial charge in [0, 0.05) is 15.7 Å². The molecular weight excluding hydrogens is 376 g/mol. The summed E-state index contributed by atoms with van der Waals surface area (Å²) >= 11 is 4.65. The van der Waals surface area contributed by atoms with E-state index in [1.165, 1.54) is 11.8 Å². The van der Waals surface area contributed by atoms with Crippen LogP contribution in [0.1, 0.15) is 0 Å². The average Bonchev–Trinajstić information content (AvgIpc) is 3.05. The summed E-state index contributed by atoms with van der Waals surface area (Å²) in [6.45, 7) is 0. The van der Waals surface area contributed by atoms with Gasteiger partial charge in [0.1, 0.15) is 0 Å². The molecule has 23 heavy (non-hydrogen) atoms. The largest absolute Gasteiger partial charge is 0.325 e. The standard InChI is InChI=1S/C16H13BrN4OS/c17-12-6-8-13(9-7-12)18-14(22)10-23-16-19-15(20-21-16)11-4-2-1-3-5-11/h1-9H,10H2,(H,18,22)(H,19,20,21). The van der Waals surface area contributed by atoms with Gasteiger partial charge in [-0.1, -0.05) is 58.0 Å². The fourth-order valence-corrected chi connectivity index (χ4v) is 2.76. The van der Waals surface area contributed by atoms with Crippen molar-refractivity contribution < 1.29 is 4.79 Å². The first-order valence-corrected chi connectivity index (χ1v) is 8.64. The van der Waals surface area contributed by atoms with Crippen LogP contribution in [-0.4, -0.2) is 26.8 Å². The molecule has 1 aromatic heterocycles. The summed E-state index contributed by atoms with van der Waals surface area (Å²) < 4.78 is 0.971. The molecule has 0 saturated heterocycles. The highest BCUT2D eigenvalue weighted by Crippen LogP contribution is 2.19. The van der Waals surface area contributed by atoms with E-state index in [-0.39, 0.29) is 11.7 Å². The fraction of sp³-hybridized carbons (Fsp3) is 0.0625. The van der Waals surface area contributed by atoms with Gasteiger partial charge < -0.3 is 5.32 Å². The van der Waals surface area contributed by atoms with Crippen LogP contribution < -0.4 is 5.32 Å². The van der Waals surface area contributed by atoms with Crippen LogP contribution in [0.15, 0.2) is 64.2 Å². The number of anilines is 1. The van der Waals surface area contributed by atoms with Crippen LogP contribution in [-0.2, 0) is 4.79 Å². The normalized spacial score (nSPS) is 10.5. The molecule has 0 saturated carbocycles. The highest BCUT2D eigenvalue weighted by atomic mass is 79.9. The molecule has 7 heteroatoms. The third-order valence-electron chi connectivity index (χ3n) is 2.97. The summed E-state index contributed by atoms with van der Waals surface area (Å²) in [5.41, 5.74) is 1.73. The van der Waals surface area contributed by atoms with E-state index in [1.807, 2.05) is 54.6 Å². The zero-order valence-corrected chi connectivity index (χ0v) is 14.4. The quantitative estimate of drug-likeness (QED) is 0.648. The number of hydrogen-bond donors (Lipinski definition) is 2. The SMILES string of the molecule is O=C(CSc1n[nH]c(-c2ccccc2)n1)Nc1ccc(Br)cc1. The van der Waals surface area contributed by atoms with Gasteiger partial charge in [0.25, 0.3) is 0 Å². The third kappa shape index (κ3) is 4.43. The first-order valence-electron chi connectivity index (χ1n) is 6.87. The maximum Gasteiger partial charge on any atom is 0.234 e. The van der Waals surface area contributed by atoms with Crippen molar-refractivity contribution in [3.05, 3.63) is 59.1 Å². The highest BCUT2D eigenvalue weighted by molar-refractivity contribution is 9.10. The second kappa shape index (κ2) is 7.43. The molecule has 1 amide bonds. The number of aromatic amines is 1. The van der Waals surface area contributed by atoms with E-state index in [2.05, 4.69) is 36.4 Å². The summed E-state index contributed by atoms with van der Waals surface area (Å²) in [4.78, 5) is 16.3. The minimum atomic E-state index is -0.0941. The molecule has 5 nitrogen and oxygen atoms in total. The molecule has 2 N–H and O–H groups in total. The number of carbonyl (C=O) groups is 1. The number of hydrogen-bond acceptors (Lipinski definition) is 4. The number of aromatic nitrogens is 3. The first-order chi connectivity index (χ1) is 11.2. The summed E-state index contributed by atoms with van der Waals surface area (Å²) in [5.74, 6) is 0.854. The molecule has 1 heterocycles. The lowest BCUT2D eigenvalue weighted by Crippen LogP contribution is -2.13. The van der Waals surface area contributed by atoms with Gasteiger partial charge in [-0.3, -0.25) is 9.89 Å². The molecule has 0 spiro atoms. The van der Waals surface area contributed by atoms with Gasteiger partial charge >= 0.3 is 0 Å². The van der Waals surface area contributed by atoms with E-state index in [9.17, 15) is 4.79 Å². The van der Waals surface area contributed by atoms with Gasteiger partial charge in [-0.2, -0.15) is 0 Å². The highest BCUT2D eigenvalue weighted by Gasteiger charge is 2.09. The van der Waals surface area contributed by atoms with Crippen LogP contribution in [0, 0.1) is 0 Å². The average molecular weight is 389 g/mol. The smallest absolute Gasteiger partial charge is 0.234 e. The molecule has 0 bridgehead atoms. The van der Waals surface area contributed by atoms with Crippen molar-refractivity contribution >= 4 is 39.3 Å². The van der Waals surface area contributed by atoms with E-state index < -0.39 is 0 Å². The van der Waals surface area contributed by atoms with Crippen LogP contribution in [0.3, 0.4) is 0 Å². The number of nitrogens with zero attached hydrogens (tertiary/aromatic N) is 2. The topological polar surface area (TPSA) is 70.7 Å². The Hall–Kier alpha value is -2.12. The number of amides is 1. The van der Waals surface area contributed by atoms with Gasteiger partial charge in [-0.15, -0.1) is 5.10 Å². The molecule has 0 aliphatic carbocycles. The molecule has 3 rings (SSSR count). The number of carbonyl (C=O) groups excluding carboxylic acids is 1. The molecule has 3 aromatic rings. The van der Waals surface area contributed by atoms with Crippen molar-refractivity contribution in [2.75, 3.05) is 11.1 Å². The minimum Gasteiger partial charge on any atom is -0.325 e. The fourth-order valence-electron chi connectivity index (χ4n) is 1.90. The zero-order chi connectivity index (χ0) is 16.1. The number of benzene rings is 2. The molecule has 2 aromatic carbocycles. The number of rotatable bonds is 5. The van der Waals surface area contributed by atoms with Crippen LogP contribution in [0.4, 0.5) is 5.69 Å².